The lowest BCUT2D eigenvalue weighted by Crippen LogP contribution is -2.24. The van der Waals surface area contributed by atoms with Gasteiger partial charge in [0.25, 0.3) is 0 Å². The molecule has 0 atom stereocenters. The van der Waals surface area contributed by atoms with E-state index in [1.807, 2.05) is 19.2 Å². The van der Waals surface area contributed by atoms with E-state index in [4.69, 9.17) is 16.3 Å². The fourth-order valence-electron chi connectivity index (χ4n) is 3.62. The number of rotatable bonds is 6. The quantitative estimate of drug-likeness (QED) is 0.736. The van der Waals surface area contributed by atoms with Crippen LogP contribution in [0.15, 0.2) is 48.5 Å². The van der Waals surface area contributed by atoms with Crippen LogP contribution in [0.2, 0.25) is 5.02 Å². The van der Waals surface area contributed by atoms with Crippen LogP contribution in [0.5, 0.6) is 0 Å². The van der Waals surface area contributed by atoms with Gasteiger partial charge in [0.15, 0.2) is 0 Å². The van der Waals surface area contributed by atoms with Gasteiger partial charge in [0, 0.05) is 11.6 Å². The number of hydrogen-bond donors (Lipinski definition) is 1. The van der Waals surface area contributed by atoms with Crippen LogP contribution >= 0.6 is 11.6 Å². The highest BCUT2D eigenvalue weighted by Gasteiger charge is 2.24. The van der Waals surface area contributed by atoms with Gasteiger partial charge in [-0.15, -0.1) is 0 Å². The molecule has 138 valence electrons. The molecule has 0 aromatic heterocycles. The number of esters is 1. The summed E-state index contributed by atoms with van der Waals surface area (Å²) in [5.74, 6) is 0.428. The van der Waals surface area contributed by atoms with E-state index in [1.165, 1.54) is 11.1 Å². The lowest BCUT2D eigenvalue weighted by Gasteiger charge is -2.28. The highest BCUT2D eigenvalue weighted by atomic mass is 35.5. The molecular formula is C22H26ClNO2. The highest BCUT2D eigenvalue weighted by Crippen LogP contribution is 2.34. The van der Waals surface area contributed by atoms with Gasteiger partial charge in [0.2, 0.25) is 0 Å². The van der Waals surface area contributed by atoms with E-state index in [0.717, 1.165) is 37.8 Å². The second-order valence-electron chi connectivity index (χ2n) is 7.04. The summed E-state index contributed by atoms with van der Waals surface area (Å²) in [7, 11) is 1.96. The SMILES string of the molecule is CNCc1ccc(C2CCC(OC(=O)Cc3ccc(Cl)cc3)CC2)cc1. The van der Waals surface area contributed by atoms with Crippen LogP contribution in [-0.4, -0.2) is 19.1 Å². The molecule has 2 aromatic carbocycles. The fourth-order valence-corrected chi connectivity index (χ4v) is 3.75. The maximum absolute atomic E-state index is 12.2. The minimum Gasteiger partial charge on any atom is -0.462 e. The van der Waals surface area contributed by atoms with Crippen LogP contribution < -0.4 is 5.32 Å². The summed E-state index contributed by atoms with van der Waals surface area (Å²) < 4.78 is 5.68. The molecule has 4 heteroatoms. The third-order valence-electron chi connectivity index (χ3n) is 5.07. The maximum atomic E-state index is 12.2. The van der Waals surface area contributed by atoms with Gasteiger partial charge < -0.3 is 10.1 Å². The molecule has 0 bridgehead atoms. The minimum atomic E-state index is -0.146. The first kappa shape index (κ1) is 18.9. The monoisotopic (exact) mass is 371 g/mol. The number of hydrogen-bond acceptors (Lipinski definition) is 3. The van der Waals surface area contributed by atoms with Gasteiger partial charge in [-0.3, -0.25) is 4.79 Å². The molecule has 0 amide bonds. The standard InChI is InChI=1S/C22H26ClNO2/c1-24-15-17-2-6-18(7-3-17)19-8-12-21(13-9-19)26-22(25)14-16-4-10-20(23)11-5-16/h2-7,10-11,19,21,24H,8-9,12-15H2,1H3. The zero-order chi connectivity index (χ0) is 18.4. The summed E-state index contributed by atoms with van der Waals surface area (Å²) in [6.07, 6.45) is 4.39. The molecule has 1 aliphatic rings. The molecule has 0 heterocycles. The number of nitrogens with one attached hydrogen (secondary N) is 1. The Labute approximate surface area is 160 Å². The van der Waals surface area contributed by atoms with Crippen LogP contribution in [0.25, 0.3) is 0 Å². The number of carbonyl (C=O) groups is 1. The number of halogens is 1. The summed E-state index contributed by atoms with van der Waals surface area (Å²) in [6.45, 7) is 0.899. The Balaban J connectivity index is 1.45. The van der Waals surface area contributed by atoms with Crippen molar-refractivity contribution in [1.82, 2.24) is 5.32 Å². The number of benzene rings is 2. The Morgan fingerprint density at radius 1 is 1.00 bits per heavy atom. The zero-order valence-corrected chi connectivity index (χ0v) is 16.0. The van der Waals surface area contributed by atoms with Crippen LogP contribution in [-0.2, 0) is 22.5 Å². The molecule has 1 saturated carbocycles. The van der Waals surface area contributed by atoms with E-state index in [0.29, 0.717) is 17.4 Å². The molecule has 1 fully saturated rings. The molecule has 3 rings (SSSR count). The Morgan fingerprint density at radius 3 is 2.23 bits per heavy atom. The second kappa shape index (κ2) is 9.20. The van der Waals surface area contributed by atoms with E-state index in [-0.39, 0.29) is 12.1 Å². The van der Waals surface area contributed by atoms with Gasteiger partial charge in [0.05, 0.1) is 6.42 Å². The predicted molar refractivity (Wildman–Crippen MR) is 105 cm³/mol. The first-order valence-electron chi connectivity index (χ1n) is 9.31. The summed E-state index contributed by atoms with van der Waals surface area (Å²) in [5.41, 5.74) is 3.65. The fraction of sp³-hybridized carbons (Fsp3) is 0.409. The van der Waals surface area contributed by atoms with Crippen LogP contribution in [0.1, 0.15) is 48.3 Å². The second-order valence-corrected chi connectivity index (χ2v) is 7.48. The molecule has 0 aliphatic heterocycles. The summed E-state index contributed by atoms with van der Waals surface area (Å²) in [6, 6.07) is 16.2. The van der Waals surface area contributed by atoms with Gasteiger partial charge in [-0.1, -0.05) is 48.0 Å². The van der Waals surface area contributed by atoms with Gasteiger partial charge >= 0.3 is 5.97 Å². The zero-order valence-electron chi connectivity index (χ0n) is 15.2. The molecular weight excluding hydrogens is 346 g/mol. The summed E-state index contributed by atoms with van der Waals surface area (Å²) >= 11 is 5.87. The van der Waals surface area contributed by atoms with Crippen molar-refractivity contribution >= 4 is 17.6 Å². The van der Waals surface area contributed by atoms with Crippen molar-refractivity contribution in [2.75, 3.05) is 7.05 Å². The summed E-state index contributed by atoms with van der Waals surface area (Å²) in [5, 5.41) is 3.85. The van der Waals surface area contributed by atoms with Crippen molar-refractivity contribution in [3.05, 3.63) is 70.2 Å². The Kier molecular flexibility index (Phi) is 6.70. The average Bonchev–Trinajstić information content (AvgIpc) is 2.65. The van der Waals surface area contributed by atoms with Gasteiger partial charge in [0.1, 0.15) is 6.10 Å². The molecule has 1 N–H and O–H groups in total. The highest BCUT2D eigenvalue weighted by molar-refractivity contribution is 6.30. The Hall–Kier alpha value is -1.84. The van der Waals surface area contributed by atoms with Crippen LogP contribution in [0.3, 0.4) is 0 Å². The van der Waals surface area contributed by atoms with Crippen molar-refractivity contribution in [1.29, 1.82) is 0 Å². The number of carbonyl (C=O) groups excluding carboxylic acids is 1. The molecule has 1 aliphatic carbocycles. The lowest BCUT2D eigenvalue weighted by atomic mass is 9.82. The number of ether oxygens (including phenoxy) is 1. The van der Waals surface area contributed by atoms with Crippen molar-refractivity contribution in [2.45, 2.75) is 50.7 Å². The maximum Gasteiger partial charge on any atom is 0.310 e. The van der Waals surface area contributed by atoms with Gasteiger partial charge in [-0.05, 0) is 67.5 Å². The Morgan fingerprint density at radius 2 is 1.62 bits per heavy atom. The Bertz CT molecular complexity index is 704. The van der Waals surface area contributed by atoms with Crippen LogP contribution in [0, 0.1) is 0 Å². The van der Waals surface area contributed by atoms with Crippen molar-refractivity contribution in [3.8, 4) is 0 Å². The lowest BCUT2D eigenvalue weighted by molar-refractivity contribution is -0.149. The molecule has 3 nitrogen and oxygen atoms in total. The van der Waals surface area contributed by atoms with E-state index in [9.17, 15) is 4.79 Å². The molecule has 0 spiro atoms. The van der Waals surface area contributed by atoms with Crippen LogP contribution in [0.4, 0.5) is 0 Å². The first-order chi connectivity index (χ1) is 12.6. The first-order valence-corrected chi connectivity index (χ1v) is 9.69. The summed E-state index contributed by atoms with van der Waals surface area (Å²) in [4.78, 5) is 12.2. The van der Waals surface area contributed by atoms with Crippen molar-refractivity contribution < 1.29 is 9.53 Å². The normalized spacial score (nSPS) is 19.9. The van der Waals surface area contributed by atoms with Gasteiger partial charge in [-0.2, -0.15) is 0 Å². The topological polar surface area (TPSA) is 38.3 Å². The van der Waals surface area contributed by atoms with E-state index < -0.39 is 0 Å². The van der Waals surface area contributed by atoms with E-state index >= 15 is 0 Å². The average molecular weight is 372 g/mol. The molecule has 2 aromatic rings. The molecule has 0 radical (unpaired) electrons. The van der Waals surface area contributed by atoms with Crippen molar-refractivity contribution in [3.63, 3.8) is 0 Å². The van der Waals surface area contributed by atoms with E-state index in [2.05, 4.69) is 29.6 Å². The minimum absolute atomic E-state index is 0.0506. The van der Waals surface area contributed by atoms with Gasteiger partial charge in [-0.25, -0.2) is 0 Å². The van der Waals surface area contributed by atoms with Crippen molar-refractivity contribution in [2.24, 2.45) is 0 Å². The largest absolute Gasteiger partial charge is 0.462 e. The molecule has 0 unspecified atom stereocenters. The third-order valence-corrected chi connectivity index (χ3v) is 5.32. The molecule has 0 saturated heterocycles. The third kappa shape index (κ3) is 5.33. The molecule has 26 heavy (non-hydrogen) atoms. The van der Waals surface area contributed by atoms with E-state index in [1.54, 1.807) is 12.1 Å². The smallest absolute Gasteiger partial charge is 0.310 e. The predicted octanol–water partition coefficient (Wildman–Crippen LogP) is 4.87.